The van der Waals surface area contributed by atoms with E-state index >= 15 is 0 Å². The molecule has 0 spiro atoms. The van der Waals surface area contributed by atoms with Crippen molar-refractivity contribution in [3.63, 3.8) is 0 Å². The van der Waals surface area contributed by atoms with Crippen LogP contribution in [0.4, 0.5) is 0 Å². The highest BCUT2D eigenvalue weighted by Crippen LogP contribution is 2.14. The predicted molar refractivity (Wildman–Crippen MR) is 97.4 cm³/mol. The average Bonchev–Trinajstić information content (AvgIpc) is 2.58. The number of hydrogen-bond donors (Lipinski definition) is 1. The molecule has 0 bridgehead atoms. The van der Waals surface area contributed by atoms with Gasteiger partial charge < -0.3 is 9.84 Å². The number of aliphatic hydroxyl groups excluding tert-OH is 1. The van der Waals surface area contributed by atoms with Crippen molar-refractivity contribution >= 4 is 0 Å². The standard InChI is InChI=1S/C21H25NO2/c1-3-13-24-17-21(23)16-22(14-19-10-5-4-6-11-19)15-20-12-8-7-9-18(20)2/h1,4-12,21,23H,13-17H2,2H3/t21-/m0/s1. The van der Waals surface area contributed by atoms with Crippen LogP contribution in [0.1, 0.15) is 16.7 Å². The predicted octanol–water partition coefficient (Wildman–Crippen LogP) is 3.01. The minimum Gasteiger partial charge on any atom is -0.389 e. The molecule has 0 fully saturated rings. The Labute approximate surface area is 144 Å². The third-order valence-electron chi connectivity index (χ3n) is 3.87. The van der Waals surface area contributed by atoms with Crippen molar-refractivity contribution in [2.24, 2.45) is 0 Å². The third-order valence-corrected chi connectivity index (χ3v) is 3.87. The number of hydrogen-bond acceptors (Lipinski definition) is 3. The second kappa shape index (κ2) is 9.89. The Morgan fingerprint density at radius 1 is 1.08 bits per heavy atom. The van der Waals surface area contributed by atoms with E-state index in [-0.39, 0.29) is 13.2 Å². The molecule has 0 aliphatic heterocycles. The summed E-state index contributed by atoms with van der Waals surface area (Å²) in [5.41, 5.74) is 3.75. The van der Waals surface area contributed by atoms with Crippen LogP contribution in [0.3, 0.4) is 0 Å². The Balaban J connectivity index is 2.03. The normalized spacial score (nSPS) is 12.1. The number of ether oxygens (including phenoxy) is 1. The van der Waals surface area contributed by atoms with Crippen LogP contribution in [0.5, 0.6) is 0 Å². The summed E-state index contributed by atoms with van der Waals surface area (Å²) in [4.78, 5) is 2.24. The van der Waals surface area contributed by atoms with Gasteiger partial charge in [0.05, 0.1) is 12.7 Å². The van der Waals surface area contributed by atoms with Gasteiger partial charge in [-0.25, -0.2) is 0 Å². The molecule has 3 heteroatoms. The summed E-state index contributed by atoms with van der Waals surface area (Å²) in [6.45, 7) is 4.70. The van der Waals surface area contributed by atoms with Crippen LogP contribution in [0.2, 0.25) is 0 Å². The Bertz CT molecular complexity index is 648. The first-order valence-electron chi connectivity index (χ1n) is 8.19. The van der Waals surface area contributed by atoms with Gasteiger partial charge in [-0.1, -0.05) is 60.5 Å². The van der Waals surface area contributed by atoms with Gasteiger partial charge in [0.15, 0.2) is 0 Å². The summed E-state index contributed by atoms with van der Waals surface area (Å²) in [6.07, 6.45) is 4.61. The molecule has 3 nitrogen and oxygen atoms in total. The lowest BCUT2D eigenvalue weighted by Gasteiger charge is -2.26. The van der Waals surface area contributed by atoms with Gasteiger partial charge in [-0.2, -0.15) is 0 Å². The summed E-state index contributed by atoms with van der Waals surface area (Å²) in [5, 5.41) is 10.2. The zero-order valence-corrected chi connectivity index (χ0v) is 14.2. The smallest absolute Gasteiger partial charge is 0.107 e. The fourth-order valence-corrected chi connectivity index (χ4v) is 2.66. The van der Waals surface area contributed by atoms with Gasteiger partial charge in [0, 0.05) is 19.6 Å². The van der Waals surface area contributed by atoms with Crippen molar-refractivity contribution in [1.29, 1.82) is 0 Å². The zero-order valence-electron chi connectivity index (χ0n) is 14.2. The second-order valence-electron chi connectivity index (χ2n) is 5.95. The SMILES string of the molecule is C#CCOC[C@@H](O)CN(Cc1ccccc1)Cc1ccccc1C. The van der Waals surface area contributed by atoms with E-state index in [1.807, 2.05) is 24.3 Å². The second-order valence-corrected chi connectivity index (χ2v) is 5.95. The van der Waals surface area contributed by atoms with Crippen LogP contribution in [0, 0.1) is 19.3 Å². The maximum absolute atomic E-state index is 10.2. The minimum absolute atomic E-state index is 0.230. The maximum atomic E-state index is 10.2. The molecule has 1 atom stereocenters. The summed E-state index contributed by atoms with van der Waals surface area (Å²) in [6, 6.07) is 18.6. The largest absolute Gasteiger partial charge is 0.389 e. The Hall–Kier alpha value is -2.12. The van der Waals surface area contributed by atoms with Crippen molar-refractivity contribution in [3.05, 3.63) is 71.3 Å². The van der Waals surface area contributed by atoms with Crippen LogP contribution in [0.15, 0.2) is 54.6 Å². The van der Waals surface area contributed by atoms with Crippen molar-refractivity contribution in [3.8, 4) is 12.3 Å². The van der Waals surface area contributed by atoms with Crippen molar-refractivity contribution < 1.29 is 9.84 Å². The monoisotopic (exact) mass is 323 g/mol. The topological polar surface area (TPSA) is 32.7 Å². The first kappa shape index (κ1) is 18.2. The molecular formula is C21H25NO2. The molecule has 126 valence electrons. The molecular weight excluding hydrogens is 298 g/mol. The van der Waals surface area contributed by atoms with E-state index in [9.17, 15) is 5.11 Å². The third kappa shape index (κ3) is 6.17. The van der Waals surface area contributed by atoms with Gasteiger partial charge in [-0.3, -0.25) is 4.90 Å². The lowest BCUT2D eigenvalue weighted by molar-refractivity contribution is 0.0243. The van der Waals surface area contributed by atoms with E-state index < -0.39 is 6.10 Å². The van der Waals surface area contributed by atoms with E-state index in [1.165, 1.54) is 16.7 Å². The summed E-state index contributed by atoms with van der Waals surface area (Å²) >= 11 is 0. The first-order chi connectivity index (χ1) is 11.7. The summed E-state index contributed by atoms with van der Waals surface area (Å²) < 4.78 is 5.26. The molecule has 2 aromatic rings. The summed E-state index contributed by atoms with van der Waals surface area (Å²) in [7, 11) is 0. The lowest BCUT2D eigenvalue weighted by Crippen LogP contribution is -2.34. The molecule has 0 radical (unpaired) electrons. The first-order valence-corrected chi connectivity index (χ1v) is 8.19. The highest BCUT2D eigenvalue weighted by Gasteiger charge is 2.14. The minimum atomic E-state index is -0.564. The molecule has 0 amide bonds. The van der Waals surface area contributed by atoms with E-state index in [0.717, 1.165) is 13.1 Å². The molecule has 2 aromatic carbocycles. The zero-order chi connectivity index (χ0) is 17.2. The molecule has 0 aliphatic rings. The van der Waals surface area contributed by atoms with Crippen LogP contribution < -0.4 is 0 Å². The number of terminal acetylenes is 1. The van der Waals surface area contributed by atoms with Crippen LogP contribution >= 0.6 is 0 Å². The number of aliphatic hydroxyl groups is 1. The number of nitrogens with zero attached hydrogens (tertiary/aromatic N) is 1. The van der Waals surface area contributed by atoms with Gasteiger partial charge >= 0.3 is 0 Å². The molecule has 0 saturated carbocycles. The van der Waals surface area contributed by atoms with Gasteiger partial charge in [0.1, 0.15) is 6.61 Å². The number of aryl methyl sites for hydroxylation is 1. The van der Waals surface area contributed by atoms with Crippen LogP contribution in [0.25, 0.3) is 0 Å². The highest BCUT2D eigenvalue weighted by molar-refractivity contribution is 5.25. The van der Waals surface area contributed by atoms with Crippen molar-refractivity contribution in [2.75, 3.05) is 19.8 Å². The Morgan fingerprint density at radius 3 is 2.50 bits per heavy atom. The highest BCUT2D eigenvalue weighted by atomic mass is 16.5. The fraction of sp³-hybridized carbons (Fsp3) is 0.333. The molecule has 0 unspecified atom stereocenters. The van der Waals surface area contributed by atoms with Crippen molar-refractivity contribution in [1.82, 2.24) is 4.90 Å². The fourth-order valence-electron chi connectivity index (χ4n) is 2.66. The van der Waals surface area contributed by atoms with Gasteiger partial charge in [-0.05, 0) is 23.6 Å². The van der Waals surface area contributed by atoms with E-state index in [1.54, 1.807) is 0 Å². The number of benzene rings is 2. The summed E-state index contributed by atoms with van der Waals surface area (Å²) in [5.74, 6) is 2.42. The molecule has 0 heterocycles. The van der Waals surface area contributed by atoms with E-state index in [0.29, 0.717) is 6.54 Å². The number of rotatable bonds is 9. The molecule has 2 rings (SSSR count). The van der Waals surface area contributed by atoms with Crippen LogP contribution in [-0.4, -0.2) is 35.9 Å². The molecule has 0 aliphatic carbocycles. The molecule has 1 N–H and O–H groups in total. The van der Waals surface area contributed by atoms with Crippen LogP contribution in [-0.2, 0) is 17.8 Å². The lowest BCUT2D eigenvalue weighted by atomic mass is 10.1. The van der Waals surface area contributed by atoms with Gasteiger partial charge in [0.2, 0.25) is 0 Å². The molecule has 0 aromatic heterocycles. The average molecular weight is 323 g/mol. The maximum Gasteiger partial charge on any atom is 0.107 e. The quantitative estimate of drug-likeness (QED) is 0.569. The molecule has 0 saturated heterocycles. The van der Waals surface area contributed by atoms with E-state index in [4.69, 9.17) is 11.2 Å². The van der Waals surface area contributed by atoms with Gasteiger partial charge in [0.25, 0.3) is 0 Å². The Kier molecular flexibility index (Phi) is 7.51. The van der Waals surface area contributed by atoms with E-state index in [2.05, 4.69) is 48.1 Å². The van der Waals surface area contributed by atoms with Crippen molar-refractivity contribution in [2.45, 2.75) is 26.1 Å². The Morgan fingerprint density at radius 2 is 1.79 bits per heavy atom. The van der Waals surface area contributed by atoms with Gasteiger partial charge in [-0.15, -0.1) is 6.42 Å². The molecule has 24 heavy (non-hydrogen) atoms.